The largest absolute Gasteiger partial charge is 0.345 e. The van der Waals surface area contributed by atoms with Gasteiger partial charge in [-0.25, -0.2) is 4.98 Å². The summed E-state index contributed by atoms with van der Waals surface area (Å²) in [6.45, 7) is 4.72. The van der Waals surface area contributed by atoms with Gasteiger partial charge in [-0.3, -0.25) is 4.79 Å². The number of terminal acetylenes is 1. The fourth-order valence-corrected chi connectivity index (χ4v) is 1.37. The smallest absolute Gasteiger partial charge is 0.163 e. The Bertz CT molecular complexity index is 393. The van der Waals surface area contributed by atoms with Crippen molar-refractivity contribution in [2.75, 3.05) is 18.0 Å². The molecule has 0 radical (unpaired) electrons. The topological polar surface area (TPSA) is 33.2 Å². The Kier molecular flexibility index (Phi) is 3.87. The van der Waals surface area contributed by atoms with E-state index in [-0.39, 0.29) is 5.78 Å². The van der Waals surface area contributed by atoms with Crippen molar-refractivity contribution in [1.82, 2.24) is 4.98 Å². The molecule has 0 aromatic carbocycles. The van der Waals surface area contributed by atoms with Crippen LogP contribution in [0.3, 0.4) is 0 Å². The fraction of sp³-hybridized carbons (Fsp3) is 0.333. The predicted molar refractivity (Wildman–Crippen MR) is 61.0 cm³/mol. The van der Waals surface area contributed by atoms with Crippen LogP contribution in [0, 0.1) is 12.3 Å². The van der Waals surface area contributed by atoms with E-state index in [4.69, 9.17) is 6.42 Å². The molecule has 15 heavy (non-hydrogen) atoms. The molecule has 0 unspecified atom stereocenters. The molecular weight excluding hydrogens is 188 g/mol. The van der Waals surface area contributed by atoms with Crippen LogP contribution in [0.25, 0.3) is 0 Å². The van der Waals surface area contributed by atoms with Gasteiger partial charge in [-0.1, -0.05) is 5.92 Å². The second-order valence-corrected chi connectivity index (χ2v) is 3.15. The van der Waals surface area contributed by atoms with Gasteiger partial charge in [0, 0.05) is 12.7 Å². The van der Waals surface area contributed by atoms with Crippen LogP contribution in [-0.2, 0) is 0 Å². The predicted octanol–water partition coefficient (Wildman–Crippen LogP) is 1.74. The average molecular weight is 202 g/mol. The quantitative estimate of drug-likeness (QED) is 0.551. The summed E-state index contributed by atoms with van der Waals surface area (Å²) in [6.07, 6.45) is 6.93. The van der Waals surface area contributed by atoms with E-state index < -0.39 is 0 Å². The normalized spacial score (nSPS) is 9.40. The van der Waals surface area contributed by atoms with Crippen molar-refractivity contribution in [2.24, 2.45) is 0 Å². The molecule has 1 rings (SSSR count). The molecule has 0 atom stereocenters. The summed E-state index contributed by atoms with van der Waals surface area (Å²) >= 11 is 0. The molecule has 0 fully saturated rings. The number of carbonyl (C=O) groups is 1. The molecule has 0 spiro atoms. The van der Waals surface area contributed by atoms with Gasteiger partial charge in [0.1, 0.15) is 5.82 Å². The van der Waals surface area contributed by atoms with E-state index in [0.29, 0.717) is 17.9 Å². The number of hydrogen-bond donors (Lipinski definition) is 0. The Labute approximate surface area is 90.1 Å². The lowest BCUT2D eigenvalue weighted by molar-refractivity contribution is 0.101. The minimum Gasteiger partial charge on any atom is -0.345 e. The van der Waals surface area contributed by atoms with Crippen LogP contribution in [0.4, 0.5) is 5.82 Å². The molecule has 1 aromatic heterocycles. The summed E-state index contributed by atoms with van der Waals surface area (Å²) < 4.78 is 0. The molecule has 1 aromatic rings. The Balaban J connectivity index is 3.11. The molecule has 0 amide bonds. The minimum absolute atomic E-state index is 0.00794. The van der Waals surface area contributed by atoms with Crippen molar-refractivity contribution in [3.8, 4) is 12.3 Å². The molecule has 0 saturated carbocycles. The SMILES string of the molecule is C#CCN(CC)c1ncccc1C(C)=O. The maximum Gasteiger partial charge on any atom is 0.163 e. The zero-order chi connectivity index (χ0) is 11.3. The van der Waals surface area contributed by atoms with Crippen molar-refractivity contribution in [2.45, 2.75) is 13.8 Å². The van der Waals surface area contributed by atoms with Gasteiger partial charge >= 0.3 is 0 Å². The number of aromatic nitrogens is 1. The van der Waals surface area contributed by atoms with E-state index in [1.165, 1.54) is 6.92 Å². The molecule has 0 aliphatic carbocycles. The molecule has 3 heteroatoms. The maximum atomic E-state index is 11.4. The first kappa shape index (κ1) is 11.3. The van der Waals surface area contributed by atoms with Crippen LogP contribution in [0.1, 0.15) is 24.2 Å². The lowest BCUT2D eigenvalue weighted by Crippen LogP contribution is -2.25. The number of rotatable bonds is 4. The summed E-state index contributed by atoms with van der Waals surface area (Å²) in [7, 11) is 0. The lowest BCUT2D eigenvalue weighted by Gasteiger charge is -2.20. The van der Waals surface area contributed by atoms with Gasteiger partial charge in [-0.05, 0) is 26.0 Å². The number of nitrogens with zero attached hydrogens (tertiary/aromatic N) is 2. The summed E-state index contributed by atoms with van der Waals surface area (Å²) in [4.78, 5) is 17.5. The van der Waals surface area contributed by atoms with Gasteiger partial charge in [0.2, 0.25) is 0 Å². The van der Waals surface area contributed by atoms with Gasteiger partial charge in [0.05, 0.1) is 12.1 Å². The van der Waals surface area contributed by atoms with E-state index >= 15 is 0 Å². The summed E-state index contributed by atoms with van der Waals surface area (Å²) in [5.74, 6) is 3.24. The van der Waals surface area contributed by atoms with Gasteiger partial charge in [-0.15, -0.1) is 6.42 Å². The molecule has 78 valence electrons. The monoisotopic (exact) mass is 202 g/mol. The highest BCUT2D eigenvalue weighted by atomic mass is 16.1. The van der Waals surface area contributed by atoms with Gasteiger partial charge in [0.15, 0.2) is 5.78 Å². The Morgan fingerprint density at radius 2 is 2.40 bits per heavy atom. The lowest BCUT2D eigenvalue weighted by atomic mass is 10.2. The van der Waals surface area contributed by atoms with Crippen LogP contribution in [0.15, 0.2) is 18.3 Å². The number of ketones is 1. The minimum atomic E-state index is 0.00794. The van der Waals surface area contributed by atoms with Crippen LogP contribution < -0.4 is 4.90 Å². The number of carbonyl (C=O) groups excluding carboxylic acids is 1. The summed E-state index contributed by atoms with van der Waals surface area (Å²) in [5.41, 5.74) is 0.620. The van der Waals surface area contributed by atoms with E-state index in [2.05, 4.69) is 10.9 Å². The third kappa shape index (κ3) is 2.57. The molecule has 0 bridgehead atoms. The zero-order valence-corrected chi connectivity index (χ0v) is 9.03. The van der Waals surface area contributed by atoms with E-state index in [9.17, 15) is 4.79 Å². The average Bonchev–Trinajstić information content (AvgIpc) is 2.26. The van der Waals surface area contributed by atoms with Crippen LogP contribution in [0.2, 0.25) is 0 Å². The Morgan fingerprint density at radius 1 is 1.67 bits per heavy atom. The second-order valence-electron chi connectivity index (χ2n) is 3.15. The number of pyridine rings is 1. The zero-order valence-electron chi connectivity index (χ0n) is 9.03. The summed E-state index contributed by atoms with van der Waals surface area (Å²) in [6, 6.07) is 3.52. The van der Waals surface area contributed by atoms with Gasteiger partial charge in [0.25, 0.3) is 0 Å². The van der Waals surface area contributed by atoms with Crippen molar-refractivity contribution >= 4 is 11.6 Å². The van der Waals surface area contributed by atoms with Crippen LogP contribution in [-0.4, -0.2) is 23.9 Å². The highest BCUT2D eigenvalue weighted by Gasteiger charge is 2.12. The first-order valence-electron chi connectivity index (χ1n) is 4.85. The second kappa shape index (κ2) is 5.16. The van der Waals surface area contributed by atoms with Crippen molar-refractivity contribution in [3.05, 3.63) is 23.9 Å². The molecular formula is C12H14N2O. The van der Waals surface area contributed by atoms with E-state index in [1.807, 2.05) is 11.8 Å². The number of Topliss-reactive ketones (excluding diaryl/α,β-unsaturated/α-hetero) is 1. The van der Waals surface area contributed by atoms with E-state index in [0.717, 1.165) is 6.54 Å². The molecule has 0 aliphatic rings. The summed E-state index contributed by atoms with van der Waals surface area (Å²) in [5, 5.41) is 0. The standard InChI is InChI=1S/C12H14N2O/c1-4-9-14(5-2)12-11(10(3)15)7-6-8-13-12/h1,6-8H,5,9H2,2-3H3. The van der Waals surface area contributed by atoms with Crippen molar-refractivity contribution in [3.63, 3.8) is 0 Å². The maximum absolute atomic E-state index is 11.4. The van der Waals surface area contributed by atoms with Crippen molar-refractivity contribution in [1.29, 1.82) is 0 Å². The highest BCUT2D eigenvalue weighted by Crippen LogP contribution is 2.16. The molecule has 3 nitrogen and oxygen atoms in total. The van der Waals surface area contributed by atoms with Crippen LogP contribution in [0.5, 0.6) is 0 Å². The number of anilines is 1. The van der Waals surface area contributed by atoms with Crippen LogP contribution >= 0.6 is 0 Å². The number of hydrogen-bond acceptors (Lipinski definition) is 3. The molecule has 0 aliphatic heterocycles. The fourth-order valence-electron chi connectivity index (χ4n) is 1.37. The Hall–Kier alpha value is -1.82. The third-order valence-electron chi connectivity index (χ3n) is 2.13. The Morgan fingerprint density at radius 3 is 2.93 bits per heavy atom. The molecule has 0 N–H and O–H groups in total. The highest BCUT2D eigenvalue weighted by molar-refractivity contribution is 5.98. The van der Waals surface area contributed by atoms with E-state index in [1.54, 1.807) is 18.3 Å². The molecule has 1 heterocycles. The molecule has 0 saturated heterocycles. The van der Waals surface area contributed by atoms with Crippen molar-refractivity contribution < 1.29 is 4.79 Å². The van der Waals surface area contributed by atoms with Gasteiger partial charge in [-0.2, -0.15) is 0 Å². The first-order valence-corrected chi connectivity index (χ1v) is 4.85. The third-order valence-corrected chi connectivity index (χ3v) is 2.13. The first-order chi connectivity index (χ1) is 7.20. The van der Waals surface area contributed by atoms with Gasteiger partial charge < -0.3 is 4.90 Å².